The standard InChI is InChI=1S/C19H24FNO2/c1-14(2)10-17(22)12-19(23)18(13-21-8-3-4-9-21)15-6-5-7-16(20)11-15/h5-7,11,13-14H,3-4,8-10,12H2,1-2H3. The summed E-state index contributed by atoms with van der Waals surface area (Å²) >= 11 is 0. The Kier molecular flexibility index (Phi) is 6.08. The van der Waals surface area contributed by atoms with Crippen molar-refractivity contribution in [2.24, 2.45) is 5.92 Å². The van der Waals surface area contributed by atoms with Crippen molar-refractivity contribution in [2.75, 3.05) is 13.1 Å². The van der Waals surface area contributed by atoms with Crippen LogP contribution in [0.4, 0.5) is 4.39 Å². The summed E-state index contributed by atoms with van der Waals surface area (Å²) < 4.78 is 13.5. The summed E-state index contributed by atoms with van der Waals surface area (Å²) in [4.78, 5) is 26.6. The largest absolute Gasteiger partial charge is 0.377 e. The number of ketones is 2. The summed E-state index contributed by atoms with van der Waals surface area (Å²) in [7, 11) is 0. The first-order valence-electron chi connectivity index (χ1n) is 8.22. The van der Waals surface area contributed by atoms with E-state index in [-0.39, 0.29) is 29.7 Å². The predicted molar refractivity (Wildman–Crippen MR) is 89.3 cm³/mol. The third-order valence-corrected chi connectivity index (χ3v) is 3.88. The van der Waals surface area contributed by atoms with E-state index >= 15 is 0 Å². The number of carbonyl (C=O) groups excluding carboxylic acids is 2. The molecule has 4 heteroatoms. The number of likely N-dealkylation sites (tertiary alicyclic amines) is 1. The molecule has 0 spiro atoms. The van der Waals surface area contributed by atoms with E-state index < -0.39 is 0 Å². The summed E-state index contributed by atoms with van der Waals surface area (Å²) in [6, 6.07) is 6.01. The molecule has 0 aromatic heterocycles. The predicted octanol–water partition coefficient (Wildman–Crippen LogP) is 3.84. The molecule has 1 aromatic carbocycles. The monoisotopic (exact) mass is 317 g/mol. The SMILES string of the molecule is CC(C)CC(=O)CC(=O)C(=CN1CCCC1)c1cccc(F)c1. The van der Waals surface area contributed by atoms with Crippen molar-refractivity contribution in [1.82, 2.24) is 4.90 Å². The van der Waals surface area contributed by atoms with Gasteiger partial charge in [0, 0.05) is 31.3 Å². The number of Topliss-reactive ketones (excluding diaryl/α,β-unsaturated/α-hetero) is 2. The number of rotatable bonds is 7. The molecule has 0 radical (unpaired) electrons. The van der Waals surface area contributed by atoms with Gasteiger partial charge in [-0.1, -0.05) is 26.0 Å². The van der Waals surface area contributed by atoms with Crippen molar-refractivity contribution in [1.29, 1.82) is 0 Å². The van der Waals surface area contributed by atoms with Gasteiger partial charge in [-0.2, -0.15) is 0 Å². The minimum Gasteiger partial charge on any atom is -0.377 e. The normalized spacial score (nSPS) is 15.3. The van der Waals surface area contributed by atoms with Crippen molar-refractivity contribution in [3.63, 3.8) is 0 Å². The Morgan fingerprint density at radius 3 is 2.57 bits per heavy atom. The van der Waals surface area contributed by atoms with Crippen LogP contribution in [0, 0.1) is 11.7 Å². The van der Waals surface area contributed by atoms with Gasteiger partial charge in [-0.3, -0.25) is 9.59 Å². The molecule has 3 nitrogen and oxygen atoms in total. The summed E-state index contributed by atoms with van der Waals surface area (Å²) in [5, 5.41) is 0. The lowest BCUT2D eigenvalue weighted by Crippen LogP contribution is -2.17. The average molecular weight is 317 g/mol. The number of allylic oxidation sites excluding steroid dienone is 1. The molecule has 0 amide bonds. The molecule has 1 aliphatic heterocycles. The Bertz CT molecular complexity index is 601. The molecule has 0 atom stereocenters. The number of halogens is 1. The molecule has 0 N–H and O–H groups in total. The van der Waals surface area contributed by atoms with E-state index in [2.05, 4.69) is 4.90 Å². The Morgan fingerprint density at radius 2 is 1.96 bits per heavy atom. The third-order valence-electron chi connectivity index (χ3n) is 3.88. The van der Waals surface area contributed by atoms with Gasteiger partial charge in [0.2, 0.25) is 0 Å². The molecular formula is C19H24FNO2. The second-order valence-electron chi connectivity index (χ2n) is 6.53. The van der Waals surface area contributed by atoms with E-state index in [9.17, 15) is 14.0 Å². The first kappa shape index (κ1) is 17.4. The van der Waals surface area contributed by atoms with Gasteiger partial charge in [0.1, 0.15) is 11.6 Å². The van der Waals surface area contributed by atoms with Crippen molar-refractivity contribution in [2.45, 2.75) is 39.5 Å². The summed E-state index contributed by atoms with van der Waals surface area (Å²) in [6.07, 6.45) is 4.26. The average Bonchev–Trinajstić information content (AvgIpc) is 2.96. The number of nitrogens with zero attached hydrogens (tertiary/aromatic N) is 1. The summed E-state index contributed by atoms with van der Waals surface area (Å²) in [5.41, 5.74) is 0.975. The number of hydrogen-bond acceptors (Lipinski definition) is 3. The van der Waals surface area contributed by atoms with Crippen LogP contribution in [-0.2, 0) is 9.59 Å². The lowest BCUT2D eigenvalue weighted by Gasteiger charge is -2.15. The van der Waals surface area contributed by atoms with Crippen molar-refractivity contribution >= 4 is 17.1 Å². The molecule has 23 heavy (non-hydrogen) atoms. The summed E-state index contributed by atoms with van der Waals surface area (Å²) in [5.74, 6) is -0.437. The smallest absolute Gasteiger partial charge is 0.172 e. The fourth-order valence-corrected chi connectivity index (χ4v) is 2.82. The van der Waals surface area contributed by atoms with Crippen LogP contribution < -0.4 is 0 Å². The number of hydrogen-bond donors (Lipinski definition) is 0. The first-order chi connectivity index (χ1) is 11.0. The topological polar surface area (TPSA) is 37.4 Å². The zero-order valence-corrected chi connectivity index (χ0v) is 13.8. The van der Waals surface area contributed by atoms with Gasteiger partial charge in [-0.15, -0.1) is 0 Å². The maximum Gasteiger partial charge on any atom is 0.172 e. The third kappa shape index (κ3) is 5.31. The van der Waals surface area contributed by atoms with Crippen LogP contribution in [0.15, 0.2) is 30.5 Å². The van der Waals surface area contributed by atoms with E-state index in [1.807, 2.05) is 13.8 Å². The highest BCUT2D eigenvalue weighted by molar-refractivity contribution is 6.25. The molecular weight excluding hydrogens is 293 g/mol. The maximum atomic E-state index is 13.5. The first-order valence-corrected chi connectivity index (χ1v) is 8.22. The van der Waals surface area contributed by atoms with Crippen LogP contribution >= 0.6 is 0 Å². The minimum absolute atomic E-state index is 0.0614. The molecule has 0 saturated carbocycles. The highest BCUT2D eigenvalue weighted by Crippen LogP contribution is 2.22. The van der Waals surface area contributed by atoms with Crippen LogP contribution in [0.1, 0.15) is 45.1 Å². The second kappa shape index (κ2) is 8.04. The molecule has 0 aliphatic carbocycles. The molecule has 1 saturated heterocycles. The van der Waals surface area contributed by atoms with Crippen LogP contribution in [0.3, 0.4) is 0 Å². The van der Waals surface area contributed by atoms with Gasteiger partial charge in [-0.25, -0.2) is 4.39 Å². The van der Waals surface area contributed by atoms with Gasteiger partial charge in [-0.05, 0) is 36.5 Å². The van der Waals surface area contributed by atoms with Gasteiger partial charge in [0.25, 0.3) is 0 Å². The Hall–Kier alpha value is -1.97. The fraction of sp³-hybridized carbons (Fsp3) is 0.474. The van der Waals surface area contributed by atoms with Crippen molar-refractivity contribution < 1.29 is 14.0 Å². The molecule has 1 heterocycles. The van der Waals surface area contributed by atoms with E-state index in [4.69, 9.17) is 0 Å². The van der Waals surface area contributed by atoms with E-state index in [0.717, 1.165) is 25.9 Å². The van der Waals surface area contributed by atoms with Crippen LogP contribution in [0.5, 0.6) is 0 Å². The fourth-order valence-electron chi connectivity index (χ4n) is 2.82. The lowest BCUT2D eigenvalue weighted by atomic mass is 9.96. The minimum atomic E-state index is -0.379. The van der Waals surface area contributed by atoms with Crippen molar-refractivity contribution in [3.8, 4) is 0 Å². The molecule has 124 valence electrons. The molecule has 1 aliphatic rings. The van der Waals surface area contributed by atoms with Crippen LogP contribution in [0.2, 0.25) is 0 Å². The zero-order chi connectivity index (χ0) is 16.8. The van der Waals surface area contributed by atoms with Gasteiger partial charge in [0.15, 0.2) is 5.78 Å². The maximum absolute atomic E-state index is 13.5. The van der Waals surface area contributed by atoms with Gasteiger partial charge >= 0.3 is 0 Å². The lowest BCUT2D eigenvalue weighted by molar-refractivity contribution is -0.124. The van der Waals surface area contributed by atoms with E-state index in [1.165, 1.54) is 12.1 Å². The highest BCUT2D eigenvalue weighted by Gasteiger charge is 2.19. The Labute approximate surface area is 137 Å². The quantitative estimate of drug-likeness (QED) is 0.566. The van der Waals surface area contributed by atoms with Crippen LogP contribution in [0.25, 0.3) is 5.57 Å². The van der Waals surface area contributed by atoms with Gasteiger partial charge in [0.05, 0.1) is 6.42 Å². The second-order valence-corrected chi connectivity index (χ2v) is 6.53. The molecule has 0 bridgehead atoms. The van der Waals surface area contributed by atoms with Crippen LogP contribution in [-0.4, -0.2) is 29.6 Å². The molecule has 1 fully saturated rings. The Balaban J connectivity index is 2.22. The van der Waals surface area contributed by atoms with E-state index in [1.54, 1.807) is 18.3 Å². The Morgan fingerprint density at radius 1 is 1.26 bits per heavy atom. The summed E-state index contributed by atoms with van der Waals surface area (Å²) in [6.45, 7) is 5.70. The molecule has 0 unspecified atom stereocenters. The van der Waals surface area contributed by atoms with E-state index in [0.29, 0.717) is 17.6 Å². The zero-order valence-electron chi connectivity index (χ0n) is 13.8. The highest BCUT2D eigenvalue weighted by atomic mass is 19.1. The van der Waals surface area contributed by atoms with Crippen molar-refractivity contribution in [3.05, 3.63) is 41.8 Å². The number of benzene rings is 1. The molecule has 2 rings (SSSR count). The van der Waals surface area contributed by atoms with Gasteiger partial charge < -0.3 is 4.90 Å². The number of carbonyl (C=O) groups is 2. The molecule has 1 aromatic rings.